The van der Waals surface area contributed by atoms with Crippen molar-refractivity contribution < 1.29 is 26.3 Å². The van der Waals surface area contributed by atoms with Crippen LogP contribution in [0.2, 0.25) is 5.02 Å². The molecule has 130 valence electrons. The molecule has 0 aliphatic heterocycles. The van der Waals surface area contributed by atoms with Gasteiger partial charge >= 0.3 is 12.4 Å². The van der Waals surface area contributed by atoms with E-state index in [1.807, 2.05) is 0 Å². The molecule has 1 rings (SSSR count). The summed E-state index contributed by atoms with van der Waals surface area (Å²) in [5.41, 5.74) is 0.245. The standard InChI is InChI=1S/C13H13ClF6N2S/c1-7-4-8(14)10(23-6-12(15,16)17)5-9(7)21-11(22(2)3)13(18,19)20/h4-5H,6H2,1-3H3/b21-11-. The Balaban J connectivity index is 3.26. The van der Waals surface area contributed by atoms with E-state index in [0.717, 1.165) is 11.0 Å². The van der Waals surface area contributed by atoms with Gasteiger partial charge in [-0.15, -0.1) is 11.8 Å². The topological polar surface area (TPSA) is 15.6 Å². The molecule has 0 aliphatic carbocycles. The van der Waals surface area contributed by atoms with Crippen LogP contribution in [0.5, 0.6) is 0 Å². The van der Waals surface area contributed by atoms with Crippen molar-refractivity contribution in [3.05, 3.63) is 22.7 Å². The number of aryl methyl sites for hydroxylation is 1. The lowest BCUT2D eigenvalue weighted by molar-refractivity contribution is -0.105. The Morgan fingerprint density at radius 2 is 1.74 bits per heavy atom. The van der Waals surface area contributed by atoms with Gasteiger partial charge in [-0.1, -0.05) is 11.6 Å². The smallest absolute Gasteiger partial charge is 0.359 e. The Hall–Kier alpha value is -1.09. The van der Waals surface area contributed by atoms with Crippen LogP contribution in [-0.4, -0.2) is 42.9 Å². The molecule has 0 heterocycles. The number of rotatable bonds is 3. The third-order valence-corrected chi connectivity index (χ3v) is 4.09. The molecular formula is C13H13ClF6N2S. The summed E-state index contributed by atoms with van der Waals surface area (Å²) in [5, 5.41) is 0.0362. The zero-order chi connectivity index (χ0) is 18.0. The number of thioether (sulfide) groups is 1. The van der Waals surface area contributed by atoms with Crippen molar-refractivity contribution in [2.45, 2.75) is 24.2 Å². The predicted molar refractivity (Wildman–Crippen MR) is 79.8 cm³/mol. The minimum atomic E-state index is -4.69. The second-order valence-electron chi connectivity index (χ2n) is 4.80. The third-order valence-electron chi connectivity index (χ3n) is 2.55. The lowest BCUT2D eigenvalue weighted by Crippen LogP contribution is -2.35. The molecule has 0 saturated heterocycles. The lowest BCUT2D eigenvalue weighted by atomic mass is 10.2. The molecule has 0 bridgehead atoms. The first-order chi connectivity index (χ1) is 10.3. The lowest BCUT2D eigenvalue weighted by Gasteiger charge is -2.19. The highest BCUT2D eigenvalue weighted by atomic mass is 35.5. The molecule has 0 atom stereocenters. The van der Waals surface area contributed by atoms with E-state index >= 15 is 0 Å². The van der Waals surface area contributed by atoms with Crippen LogP contribution in [0.3, 0.4) is 0 Å². The van der Waals surface area contributed by atoms with Crippen LogP contribution in [-0.2, 0) is 0 Å². The number of halogens is 7. The summed E-state index contributed by atoms with van der Waals surface area (Å²) in [5.74, 6) is -2.35. The maximum atomic E-state index is 12.9. The predicted octanol–water partition coefficient (Wildman–Crippen LogP) is 5.46. The van der Waals surface area contributed by atoms with E-state index < -0.39 is 23.9 Å². The van der Waals surface area contributed by atoms with Crippen molar-refractivity contribution in [3.63, 3.8) is 0 Å². The van der Waals surface area contributed by atoms with Crippen LogP contribution in [0.25, 0.3) is 0 Å². The van der Waals surface area contributed by atoms with E-state index in [4.69, 9.17) is 11.6 Å². The van der Waals surface area contributed by atoms with Gasteiger partial charge in [0, 0.05) is 19.0 Å². The third kappa shape index (κ3) is 6.14. The Labute approximate surface area is 138 Å². The largest absolute Gasteiger partial charge is 0.449 e. The fraction of sp³-hybridized carbons (Fsp3) is 0.462. The van der Waals surface area contributed by atoms with Gasteiger partial charge in [-0.25, -0.2) is 4.99 Å². The van der Waals surface area contributed by atoms with Crippen molar-refractivity contribution in [3.8, 4) is 0 Å². The maximum Gasteiger partial charge on any atom is 0.449 e. The first-order valence-electron chi connectivity index (χ1n) is 6.14. The molecule has 0 amide bonds. The molecule has 0 aromatic heterocycles. The molecule has 1 aromatic carbocycles. The molecular weight excluding hydrogens is 366 g/mol. The monoisotopic (exact) mass is 378 g/mol. The van der Waals surface area contributed by atoms with Crippen LogP contribution in [0.1, 0.15) is 5.56 Å². The van der Waals surface area contributed by atoms with Crippen molar-refractivity contribution in [1.29, 1.82) is 0 Å². The van der Waals surface area contributed by atoms with E-state index in [0.29, 0.717) is 17.3 Å². The van der Waals surface area contributed by atoms with Gasteiger partial charge in [-0.2, -0.15) is 26.3 Å². The molecule has 2 nitrogen and oxygen atoms in total. The summed E-state index contributed by atoms with van der Waals surface area (Å²) in [7, 11) is 2.35. The SMILES string of the molecule is Cc1cc(Cl)c(SCC(F)(F)F)cc1/N=C(\N(C)C)C(F)(F)F. The second kappa shape index (κ2) is 7.21. The Kier molecular flexibility index (Phi) is 6.25. The summed E-state index contributed by atoms with van der Waals surface area (Å²) in [6.07, 6.45) is -9.10. The quantitative estimate of drug-likeness (QED) is 0.300. The first-order valence-corrected chi connectivity index (χ1v) is 7.50. The highest BCUT2D eigenvalue weighted by Gasteiger charge is 2.37. The van der Waals surface area contributed by atoms with Gasteiger partial charge in [0.1, 0.15) is 0 Å². The number of hydrogen-bond acceptors (Lipinski definition) is 2. The number of hydrogen-bond donors (Lipinski definition) is 0. The fourth-order valence-electron chi connectivity index (χ4n) is 1.56. The normalized spacial score (nSPS) is 13.4. The maximum absolute atomic E-state index is 12.9. The van der Waals surface area contributed by atoms with Crippen LogP contribution < -0.4 is 0 Å². The van der Waals surface area contributed by atoms with Gasteiger partial charge in [0.15, 0.2) is 0 Å². The number of nitrogens with zero attached hydrogens (tertiary/aromatic N) is 2. The van der Waals surface area contributed by atoms with Crippen molar-refractivity contribution in [2.75, 3.05) is 19.8 Å². The average molecular weight is 379 g/mol. The summed E-state index contributed by atoms with van der Waals surface area (Å²) in [6, 6.07) is 2.42. The van der Waals surface area contributed by atoms with Crippen molar-refractivity contribution >= 4 is 34.9 Å². The fourth-order valence-corrected chi connectivity index (χ4v) is 2.66. The molecule has 0 N–H and O–H groups in total. The van der Waals surface area contributed by atoms with Crippen molar-refractivity contribution in [1.82, 2.24) is 4.90 Å². The summed E-state index contributed by atoms with van der Waals surface area (Å²) >= 11 is 6.25. The van der Waals surface area contributed by atoms with Crippen LogP contribution in [0, 0.1) is 6.92 Å². The summed E-state index contributed by atoms with van der Waals surface area (Å²) in [6.45, 7) is 1.48. The molecule has 23 heavy (non-hydrogen) atoms. The zero-order valence-corrected chi connectivity index (χ0v) is 13.9. The summed E-state index contributed by atoms with van der Waals surface area (Å²) in [4.78, 5) is 4.35. The number of benzene rings is 1. The van der Waals surface area contributed by atoms with E-state index in [-0.39, 0.29) is 15.6 Å². The Morgan fingerprint density at radius 3 is 2.17 bits per heavy atom. The average Bonchev–Trinajstić information content (AvgIpc) is 2.33. The van der Waals surface area contributed by atoms with E-state index in [9.17, 15) is 26.3 Å². The Morgan fingerprint density at radius 1 is 1.17 bits per heavy atom. The van der Waals surface area contributed by atoms with Gasteiger partial charge in [0.2, 0.25) is 5.84 Å². The number of amidine groups is 1. The minimum absolute atomic E-state index is 0.0219. The van der Waals surface area contributed by atoms with E-state index in [1.54, 1.807) is 0 Å². The second-order valence-corrected chi connectivity index (χ2v) is 6.22. The molecule has 0 saturated carbocycles. The minimum Gasteiger partial charge on any atom is -0.359 e. The molecule has 0 radical (unpaired) electrons. The molecule has 1 aromatic rings. The first kappa shape index (κ1) is 20.0. The van der Waals surface area contributed by atoms with Crippen LogP contribution in [0.15, 0.2) is 22.0 Å². The van der Waals surface area contributed by atoms with Crippen LogP contribution in [0.4, 0.5) is 32.0 Å². The molecule has 0 spiro atoms. The number of alkyl halides is 6. The van der Waals surface area contributed by atoms with Gasteiger partial charge in [0.25, 0.3) is 0 Å². The van der Waals surface area contributed by atoms with Crippen LogP contribution >= 0.6 is 23.4 Å². The van der Waals surface area contributed by atoms with Gasteiger partial charge in [-0.3, -0.25) is 0 Å². The van der Waals surface area contributed by atoms with E-state index in [1.165, 1.54) is 27.1 Å². The highest BCUT2D eigenvalue weighted by molar-refractivity contribution is 7.99. The van der Waals surface area contributed by atoms with Gasteiger partial charge in [-0.05, 0) is 24.6 Å². The number of aliphatic imine (C=N–C) groups is 1. The van der Waals surface area contributed by atoms with Gasteiger partial charge in [0.05, 0.1) is 16.5 Å². The zero-order valence-electron chi connectivity index (χ0n) is 12.3. The summed E-state index contributed by atoms with van der Waals surface area (Å²) < 4.78 is 75.6. The molecule has 10 heteroatoms. The molecule has 0 fully saturated rings. The highest BCUT2D eigenvalue weighted by Crippen LogP contribution is 2.37. The molecule has 0 aliphatic rings. The van der Waals surface area contributed by atoms with Gasteiger partial charge < -0.3 is 4.90 Å². The van der Waals surface area contributed by atoms with E-state index in [2.05, 4.69) is 4.99 Å². The Bertz CT molecular complexity index is 595. The molecule has 0 unspecified atom stereocenters. The van der Waals surface area contributed by atoms with Crippen molar-refractivity contribution in [2.24, 2.45) is 4.99 Å².